The van der Waals surface area contributed by atoms with Crippen molar-refractivity contribution in [2.75, 3.05) is 53.0 Å². The predicted octanol–water partition coefficient (Wildman–Crippen LogP) is 2.29. The second-order valence-corrected chi connectivity index (χ2v) is 8.16. The number of ether oxygens (including phenoxy) is 1. The molecule has 1 aliphatic rings. The molecule has 0 aliphatic carbocycles. The zero-order valence-electron chi connectivity index (χ0n) is 18.6. The molecule has 0 bridgehead atoms. The molecule has 0 saturated carbocycles. The predicted molar refractivity (Wildman–Crippen MR) is 124 cm³/mol. The number of guanidine groups is 1. The first-order valence-corrected chi connectivity index (χ1v) is 11.4. The summed E-state index contributed by atoms with van der Waals surface area (Å²) in [5.41, 5.74) is 1.16. The molecule has 9 heteroatoms. The van der Waals surface area contributed by atoms with Crippen molar-refractivity contribution in [2.45, 2.75) is 32.9 Å². The van der Waals surface area contributed by atoms with Gasteiger partial charge in [-0.25, -0.2) is 0 Å². The summed E-state index contributed by atoms with van der Waals surface area (Å²) >= 11 is 6.16. The van der Waals surface area contributed by atoms with Gasteiger partial charge in [0, 0.05) is 64.3 Å². The third-order valence-electron chi connectivity index (χ3n) is 5.32. The van der Waals surface area contributed by atoms with Crippen LogP contribution in [0.15, 0.2) is 35.6 Å². The molecular formula is C22H34ClN7O. The van der Waals surface area contributed by atoms with Crippen LogP contribution in [-0.4, -0.2) is 83.5 Å². The van der Waals surface area contributed by atoms with Gasteiger partial charge in [0.15, 0.2) is 5.96 Å². The van der Waals surface area contributed by atoms with E-state index in [9.17, 15) is 0 Å². The van der Waals surface area contributed by atoms with Gasteiger partial charge in [-0.1, -0.05) is 30.7 Å². The molecule has 2 heterocycles. The van der Waals surface area contributed by atoms with E-state index in [0.717, 1.165) is 94.2 Å². The molecule has 0 atom stereocenters. The van der Waals surface area contributed by atoms with Crippen LogP contribution in [0.4, 0.5) is 0 Å². The van der Waals surface area contributed by atoms with Gasteiger partial charge in [-0.2, -0.15) is 0 Å². The topological polar surface area (TPSA) is 70.8 Å². The maximum atomic E-state index is 6.16. The number of aromatic nitrogens is 3. The molecule has 2 aromatic rings. The molecule has 1 fully saturated rings. The Morgan fingerprint density at radius 1 is 1.29 bits per heavy atom. The van der Waals surface area contributed by atoms with Gasteiger partial charge in [0.25, 0.3) is 0 Å². The lowest BCUT2D eigenvalue weighted by atomic mass is 10.2. The number of nitrogens with one attached hydrogen (secondary N) is 1. The van der Waals surface area contributed by atoms with Crippen LogP contribution in [0.2, 0.25) is 5.02 Å². The minimum atomic E-state index is 0.739. The fourth-order valence-electron chi connectivity index (χ4n) is 3.63. The molecule has 0 unspecified atom stereocenters. The first-order valence-electron chi connectivity index (χ1n) is 11.1. The summed E-state index contributed by atoms with van der Waals surface area (Å²) in [5.74, 6) is 1.89. The molecule has 31 heavy (non-hydrogen) atoms. The molecule has 0 amide bonds. The Morgan fingerprint density at radius 2 is 2.13 bits per heavy atom. The van der Waals surface area contributed by atoms with Crippen molar-refractivity contribution in [1.29, 1.82) is 0 Å². The average molecular weight is 448 g/mol. The van der Waals surface area contributed by atoms with E-state index >= 15 is 0 Å². The first kappa shape index (κ1) is 23.5. The highest BCUT2D eigenvalue weighted by Crippen LogP contribution is 2.12. The smallest absolute Gasteiger partial charge is 0.194 e. The van der Waals surface area contributed by atoms with Crippen LogP contribution < -0.4 is 5.32 Å². The number of benzene rings is 1. The lowest BCUT2D eigenvalue weighted by molar-refractivity contribution is 0.0377. The second-order valence-electron chi connectivity index (χ2n) is 7.72. The van der Waals surface area contributed by atoms with Gasteiger partial charge in [-0.3, -0.25) is 9.89 Å². The van der Waals surface area contributed by atoms with Crippen LogP contribution in [0, 0.1) is 0 Å². The zero-order chi connectivity index (χ0) is 21.9. The largest absolute Gasteiger partial charge is 0.379 e. The number of aryl methyl sites for hydroxylation is 1. The van der Waals surface area contributed by atoms with E-state index in [1.807, 2.05) is 18.2 Å². The summed E-state index contributed by atoms with van der Waals surface area (Å²) in [6.45, 7) is 9.93. The van der Waals surface area contributed by atoms with Gasteiger partial charge in [0.1, 0.15) is 12.2 Å². The highest BCUT2D eigenvalue weighted by atomic mass is 35.5. The normalized spacial score (nSPS) is 15.3. The second kappa shape index (κ2) is 12.6. The number of morpholine rings is 1. The van der Waals surface area contributed by atoms with Crippen molar-refractivity contribution in [3.63, 3.8) is 0 Å². The Balaban J connectivity index is 1.56. The van der Waals surface area contributed by atoms with E-state index in [2.05, 4.69) is 49.9 Å². The molecule has 1 saturated heterocycles. The average Bonchev–Trinajstić information content (AvgIpc) is 3.23. The maximum absolute atomic E-state index is 6.16. The molecule has 0 spiro atoms. The summed E-state index contributed by atoms with van der Waals surface area (Å²) in [6.07, 6.45) is 3.69. The molecule has 1 aliphatic heterocycles. The molecule has 0 radical (unpaired) electrons. The summed E-state index contributed by atoms with van der Waals surface area (Å²) in [7, 11) is 2.06. The molecule has 8 nitrogen and oxygen atoms in total. The Kier molecular flexibility index (Phi) is 9.58. The molecule has 170 valence electrons. The Bertz CT molecular complexity index is 820. The number of rotatable bonds is 10. The van der Waals surface area contributed by atoms with Crippen molar-refractivity contribution in [3.05, 3.63) is 47.0 Å². The molecule has 1 aromatic carbocycles. The van der Waals surface area contributed by atoms with Crippen LogP contribution in [0.5, 0.6) is 0 Å². The number of hydrogen-bond acceptors (Lipinski definition) is 5. The quantitative estimate of drug-likeness (QED) is 0.342. The third-order valence-corrected chi connectivity index (χ3v) is 5.55. The standard InChI is InChI=1S/C22H34ClN7O/c1-3-21-27-26-18-30(21)11-9-25-22(24-8-5-10-29-12-14-31-15-13-29)28(2)17-19-6-4-7-20(23)16-19/h4,6-7,16,18H,3,5,8-15,17H2,1-2H3,(H,24,25). The highest BCUT2D eigenvalue weighted by molar-refractivity contribution is 6.30. The monoisotopic (exact) mass is 447 g/mol. The van der Waals surface area contributed by atoms with Crippen molar-refractivity contribution >= 4 is 17.6 Å². The van der Waals surface area contributed by atoms with Crippen molar-refractivity contribution < 1.29 is 4.74 Å². The van der Waals surface area contributed by atoms with Gasteiger partial charge in [0.2, 0.25) is 0 Å². The Hall–Kier alpha value is -2.16. The summed E-state index contributed by atoms with van der Waals surface area (Å²) < 4.78 is 7.51. The first-order chi connectivity index (χ1) is 15.2. The van der Waals surface area contributed by atoms with Crippen molar-refractivity contribution in [3.8, 4) is 0 Å². The molecule has 1 aromatic heterocycles. The molecule has 3 rings (SSSR count). The van der Waals surface area contributed by atoms with Gasteiger partial charge < -0.3 is 19.5 Å². The fraction of sp³-hybridized carbons (Fsp3) is 0.591. The minimum absolute atomic E-state index is 0.739. The van der Waals surface area contributed by atoms with Gasteiger partial charge in [-0.05, 0) is 24.1 Å². The Morgan fingerprint density at radius 3 is 2.90 bits per heavy atom. The Labute approximate surface area is 190 Å². The number of aliphatic imine (C=N–C) groups is 1. The summed E-state index contributed by atoms with van der Waals surface area (Å²) in [6, 6.07) is 7.96. The van der Waals surface area contributed by atoms with Crippen molar-refractivity contribution in [1.82, 2.24) is 29.9 Å². The van der Waals surface area contributed by atoms with E-state index < -0.39 is 0 Å². The van der Waals surface area contributed by atoms with Crippen molar-refractivity contribution in [2.24, 2.45) is 4.99 Å². The molecule has 1 N–H and O–H groups in total. The lowest BCUT2D eigenvalue weighted by Gasteiger charge is -2.26. The van der Waals surface area contributed by atoms with Crippen LogP contribution in [0.25, 0.3) is 0 Å². The van der Waals surface area contributed by atoms with Gasteiger partial charge in [-0.15, -0.1) is 10.2 Å². The van der Waals surface area contributed by atoms with Crippen LogP contribution in [0.3, 0.4) is 0 Å². The van der Waals surface area contributed by atoms with E-state index in [0.29, 0.717) is 0 Å². The van der Waals surface area contributed by atoms with E-state index in [4.69, 9.17) is 21.3 Å². The lowest BCUT2D eigenvalue weighted by Crippen LogP contribution is -2.40. The number of hydrogen-bond donors (Lipinski definition) is 1. The van der Waals surface area contributed by atoms with E-state index in [-0.39, 0.29) is 0 Å². The third kappa shape index (κ3) is 7.79. The summed E-state index contributed by atoms with van der Waals surface area (Å²) in [5, 5.41) is 12.4. The highest BCUT2D eigenvalue weighted by Gasteiger charge is 2.11. The van der Waals surface area contributed by atoms with E-state index in [1.54, 1.807) is 6.33 Å². The van der Waals surface area contributed by atoms with Crippen LogP contribution in [-0.2, 0) is 24.2 Å². The van der Waals surface area contributed by atoms with Crippen LogP contribution >= 0.6 is 11.6 Å². The maximum Gasteiger partial charge on any atom is 0.194 e. The zero-order valence-corrected chi connectivity index (χ0v) is 19.4. The SMILES string of the molecule is CCc1nncn1CCNC(=NCCCN1CCOCC1)N(C)Cc1cccc(Cl)c1. The number of nitrogens with zero attached hydrogens (tertiary/aromatic N) is 6. The number of halogens is 1. The van der Waals surface area contributed by atoms with Crippen LogP contribution in [0.1, 0.15) is 24.7 Å². The summed E-state index contributed by atoms with van der Waals surface area (Å²) in [4.78, 5) is 9.48. The van der Waals surface area contributed by atoms with E-state index in [1.165, 1.54) is 0 Å². The molecular weight excluding hydrogens is 414 g/mol. The van der Waals surface area contributed by atoms with Gasteiger partial charge >= 0.3 is 0 Å². The fourth-order valence-corrected chi connectivity index (χ4v) is 3.84. The minimum Gasteiger partial charge on any atom is -0.379 e. The van der Waals surface area contributed by atoms with Gasteiger partial charge in [0.05, 0.1) is 13.2 Å².